The molecule has 0 saturated heterocycles. The van der Waals surface area contributed by atoms with E-state index in [-0.39, 0.29) is 12.2 Å². The molecule has 154 valence electrons. The lowest BCUT2D eigenvalue weighted by Gasteiger charge is -2.18. The monoisotopic (exact) mass is 408 g/mol. The smallest absolute Gasteiger partial charge is 0.229 e. The molecule has 0 fully saturated rings. The lowest BCUT2D eigenvalue weighted by molar-refractivity contribution is -0.119. The normalized spacial score (nSPS) is 12.0. The number of rotatable bonds is 8. The maximum atomic E-state index is 13.6. The van der Waals surface area contributed by atoms with Crippen molar-refractivity contribution in [3.8, 4) is 0 Å². The largest absolute Gasteiger partial charge is 0.300 e. The van der Waals surface area contributed by atoms with Gasteiger partial charge in [-0.25, -0.2) is 0 Å². The van der Waals surface area contributed by atoms with E-state index in [2.05, 4.69) is 0 Å². The van der Waals surface area contributed by atoms with Crippen LogP contribution in [0.2, 0.25) is 0 Å². The van der Waals surface area contributed by atoms with E-state index in [0.29, 0.717) is 18.4 Å². The fourth-order valence-electron chi connectivity index (χ4n) is 4.18. The average Bonchev–Trinajstić information content (AvgIpc) is 2.83. The van der Waals surface area contributed by atoms with Crippen molar-refractivity contribution in [2.45, 2.75) is 32.1 Å². The summed E-state index contributed by atoms with van der Waals surface area (Å²) in [7, 11) is 0. The SMILES string of the molecule is CCC(=O)CCC(C(=O)C(=O)c1cccc2ccccc12)c1cccc2ccccc12. The number of Topliss-reactive ketones (excluding diaryl/α,β-unsaturated/α-hetero) is 3. The first-order chi connectivity index (χ1) is 15.1. The summed E-state index contributed by atoms with van der Waals surface area (Å²) in [6.07, 6.45) is 1.03. The lowest BCUT2D eigenvalue weighted by Crippen LogP contribution is -2.23. The van der Waals surface area contributed by atoms with E-state index in [1.807, 2.05) is 79.7 Å². The minimum absolute atomic E-state index is 0.0932. The molecule has 0 heterocycles. The number of hydrogen-bond acceptors (Lipinski definition) is 3. The van der Waals surface area contributed by atoms with Crippen LogP contribution in [0, 0.1) is 0 Å². The van der Waals surface area contributed by atoms with Crippen LogP contribution in [0.15, 0.2) is 84.9 Å². The van der Waals surface area contributed by atoms with Gasteiger partial charge in [-0.2, -0.15) is 0 Å². The molecule has 0 aliphatic heterocycles. The van der Waals surface area contributed by atoms with E-state index >= 15 is 0 Å². The Morgan fingerprint density at radius 2 is 1.29 bits per heavy atom. The van der Waals surface area contributed by atoms with Gasteiger partial charge in [0.2, 0.25) is 11.6 Å². The molecule has 0 aliphatic rings. The minimum Gasteiger partial charge on any atom is -0.300 e. The summed E-state index contributed by atoms with van der Waals surface area (Å²) in [6.45, 7) is 1.82. The van der Waals surface area contributed by atoms with E-state index in [1.165, 1.54) is 0 Å². The molecule has 3 heteroatoms. The highest BCUT2D eigenvalue weighted by Crippen LogP contribution is 2.32. The number of benzene rings is 4. The Balaban J connectivity index is 1.78. The van der Waals surface area contributed by atoms with Gasteiger partial charge in [0.15, 0.2) is 0 Å². The zero-order chi connectivity index (χ0) is 21.8. The summed E-state index contributed by atoms with van der Waals surface area (Å²) in [6, 6.07) is 26.6. The maximum Gasteiger partial charge on any atom is 0.229 e. The van der Waals surface area contributed by atoms with Gasteiger partial charge in [0.05, 0.1) is 5.92 Å². The molecule has 3 nitrogen and oxygen atoms in total. The van der Waals surface area contributed by atoms with Crippen LogP contribution in [-0.2, 0) is 9.59 Å². The fraction of sp³-hybridized carbons (Fsp3) is 0.179. The number of hydrogen-bond donors (Lipinski definition) is 0. The average molecular weight is 408 g/mol. The van der Waals surface area contributed by atoms with Crippen LogP contribution in [0.5, 0.6) is 0 Å². The van der Waals surface area contributed by atoms with Crippen LogP contribution in [0.1, 0.15) is 48.0 Å². The van der Waals surface area contributed by atoms with Gasteiger partial charge in [-0.1, -0.05) is 91.9 Å². The molecule has 0 amide bonds. The predicted molar refractivity (Wildman–Crippen MR) is 125 cm³/mol. The molecule has 0 aliphatic carbocycles. The van der Waals surface area contributed by atoms with Crippen LogP contribution in [0.25, 0.3) is 21.5 Å². The van der Waals surface area contributed by atoms with Crippen LogP contribution in [0.4, 0.5) is 0 Å². The molecule has 0 aromatic heterocycles. The third kappa shape index (κ3) is 4.17. The number of ketones is 3. The molecular weight excluding hydrogens is 384 g/mol. The van der Waals surface area contributed by atoms with Crippen molar-refractivity contribution in [1.82, 2.24) is 0 Å². The van der Waals surface area contributed by atoms with E-state index in [4.69, 9.17) is 0 Å². The van der Waals surface area contributed by atoms with Crippen LogP contribution < -0.4 is 0 Å². The second-order valence-electron chi connectivity index (χ2n) is 7.77. The summed E-state index contributed by atoms with van der Waals surface area (Å²) in [5.74, 6) is -1.53. The van der Waals surface area contributed by atoms with Gasteiger partial charge in [0.1, 0.15) is 5.78 Å². The fourth-order valence-corrected chi connectivity index (χ4v) is 4.18. The minimum atomic E-state index is -0.659. The van der Waals surface area contributed by atoms with Gasteiger partial charge < -0.3 is 0 Å². The summed E-state index contributed by atoms with van der Waals surface area (Å²) < 4.78 is 0. The van der Waals surface area contributed by atoms with Crippen molar-refractivity contribution in [2.24, 2.45) is 0 Å². The van der Waals surface area contributed by atoms with Crippen molar-refractivity contribution in [2.75, 3.05) is 0 Å². The molecule has 0 spiro atoms. The molecule has 1 atom stereocenters. The second kappa shape index (κ2) is 9.05. The Kier molecular flexibility index (Phi) is 6.03. The topological polar surface area (TPSA) is 51.2 Å². The first-order valence-corrected chi connectivity index (χ1v) is 10.7. The molecule has 31 heavy (non-hydrogen) atoms. The number of fused-ring (bicyclic) bond motifs is 2. The Morgan fingerprint density at radius 1 is 0.710 bits per heavy atom. The van der Waals surface area contributed by atoms with Gasteiger partial charge in [0.25, 0.3) is 0 Å². The third-order valence-electron chi connectivity index (χ3n) is 5.88. The van der Waals surface area contributed by atoms with Crippen molar-refractivity contribution in [3.05, 3.63) is 96.1 Å². The highest BCUT2D eigenvalue weighted by molar-refractivity contribution is 6.47. The van der Waals surface area contributed by atoms with E-state index < -0.39 is 17.5 Å². The highest BCUT2D eigenvalue weighted by atomic mass is 16.2. The summed E-state index contributed by atoms with van der Waals surface area (Å²) in [4.78, 5) is 39.0. The van der Waals surface area contributed by atoms with E-state index in [1.54, 1.807) is 12.1 Å². The molecule has 0 radical (unpaired) electrons. The molecular formula is C28H24O3. The van der Waals surface area contributed by atoms with Crippen molar-refractivity contribution >= 4 is 38.9 Å². The Hall–Kier alpha value is -3.59. The van der Waals surface area contributed by atoms with Crippen molar-refractivity contribution in [3.63, 3.8) is 0 Å². The van der Waals surface area contributed by atoms with E-state index in [0.717, 1.165) is 27.1 Å². The quantitative estimate of drug-likeness (QED) is 0.254. The van der Waals surface area contributed by atoms with Crippen LogP contribution >= 0.6 is 0 Å². The molecule has 0 N–H and O–H groups in total. The zero-order valence-electron chi connectivity index (χ0n) is 17.5. The number of carbonyl (C=O) groups excluding carboxylic acids is 3. The van der Waals surface area contributed by atoms with Gasteiger partial charge in [0, 0.05) is 18.4 Å². The number of carbonyl (C=O) groups is 3. The predicted octanol–water partition coefficient (Wildman–Crippen LogP) is 6.29. The molecule has 1 unspecified atom stereocenters. The zero-order valence-corrected chi connectivity index (χ0v) is 17.5. The van der Waals surface area contributed by atoms with Crippen molar-refractivity contribution < 1.29 is 14.4 Å². The van der Waals surface area contributed by atoms with Gasteiger partial charge >= 0.3 is 0 Å². The maximum absolute atomic E-state index is 13.6. The highest BCUT2D eigenvalue weighted by Gasteiger charge is 2.30. The van der Waals surface area contributed by atoms with Gasteiger partial charge in [-0.05, 0) is 33.5 Å². The first-order valence-electron chi connectivity index (χ1n) is 10.7. The molecule has 0 saturated carbocycles. The Bertz CT molecular complexity index is 1280. The first kappa shape index (κ1) is 20.7. The molecule has 0 bridgehead atoms. The van der Waals surface area contributed by atoms with Crippen molar-refractivity contribution in [1.29, 1.82) is 0 Å². The Morgan fingerprint density at radius 3 is 2.00 bits per heavy atom. The van der Waals surface area contributed by atoms with Crippen LogP contribution in [-0.4, -0.2) is 17.3 Å². The second-order valence-corrected chi connectivity index (χ2v) is 7.77. The molecule has 4 aromatic carbocycles. The molecule has 4 aromatic rings. The standard InChI is InChI=1S/C28H24O3/c1-2-21(29)17-18-26(24-15-7-11-19-9-3-5-13-22(19)24)28(31)27(30)25-16-8-12-20-10-4-6-14-23(20)25/h3-16,26H,2,17-18H2,1H3. The van der Waals surface area contributed by atoms with Crippen LogP contribution in [0.3, 0.4) is 0 Å². The summed E-state index contributed by atoms with van der Waals surface area (Å²) >= 11 is 0. The van der Waals surface area contributed by atoms with Gasteiger partial charge in [-0.3, -0.25) is 14.4 Å². The van der Waals surface area contributed by atoms with E-state index in [9.17, 15) is 14.4 Å². The Labute approximate surface area is 181 Å². The summed E-state index contributed by atoms with van der Waals surface area (Å²) in [5, 5.41) is 3.64. The summed E-state index contributed by atoms with van der Waals surface area (Å²) in [5.41, 5.74) is 1.22. The molecule has 4 rings (SSSR count). The lowest BCUT2D eigenvalue weighted by atomic mass is 9.83. The third-order valence-corrected chi connectivity index (χ3v) is 5.88. The van der Waals surface area contributed by atoms with Gasteiger partial charge in [-0.15, -0.1) is 0 Å².